The van der Waals surface area contributed by atoms with Gasteiger partial charge >= 0.3 is 5.97 Å². The molecule has 0 aliphatic carbocycles. The van der Waals surface area contributed by atoms with Crippen molar-refractivity contribution in [2.75, 3.05) is 20.7 Å². The average Bonchev–Trinajstić information content (AvgIpc) is 2.03. The summed E-state index contributed by atoms with van der Waals surface area (Å²) >= 11 is 0. The van der Waals surface area contributed by atoms with Gasteiger partial charge < -0.3 is 9.64 Å². The molecule has 0 N–H and O–H groups in total. The van der Waals surface area contributed by atoms with Crippen LogP contribution in [0.1, 0.15) is 6.92 Å². The fourth-order valence-electron chi connectivity index (χ4n) is 0.626. The maximum Gasteiger partial charge on any atom is 0.359 e. The molecular formula is C8H12N2O3. The molecule has 0 aromatic rings. The summed E-state index contributed by atoms with van der Waals surface area (Å²) in [6, 6.07) is 0. The van der Waals surface area contributed by atoms with Crippen molar-refractivity contribution in [2.24, 2.45) is 4.99 Å². The quantitative estimate of drug-likeness (QED) is 0.272. The minimum Gasteiger partial charge on any atom is -0.461 e. The first-order valence-corrected chi connectivity index (χ1v) is 3.75. The molecule has 0 heterocycles. The van der Waals surface area contributed by atoms with Crippen LogP contribution in [0, 0.1) is 0 Å². The Hall–Kier alpha value is -1.61. The van der Waals surface area contributed by atoms with Crippen molar-refractivity contribution in [3.63, 3.8) is 0 Å². The predicted octanol–water partition coefficient (Wildman–Crippen LogP) is 0.288. The standard InChI is InChI=1S/C8H12N2O3/c1-4-13-8(12)7(9-6-11)5-10(2)3/h5H,4H2,1-3H3/b7-5-. The summed E-state index contributed by atoms with van der Waals surface area (Å²) < 4.78 is 4.65. The van der Waals surface area contributed by atoms with Crippen molar-refractivity contribution in [1.29, 1.82) is 0 Å². The van der Waals surface area contributed by atoms with Gasteiger partial charge in [-0.2, -0.15) is 4.99 Å². The molecule has 0 aromatic heterocycles. The normalized spacial score (nSPS) is 10.2. The van der Waals surface area contributed by atoms with Crippen molar-refractivity contribution in [3.05, 3.63) is 11.9 Å². The van der Waals surface area contributed by atoms with Crippen LogP contribution in [0.15, 0.2) is 16.9 Å². The Balaban J connectivity index is 4.60. The Morgan fingerprint density at radius 2 is 2.23 bits per heavy atom. The fraction of sp³-hybridized carbons (Fsp3) is 0.500. The van der Waals surface area contributed by atoms with Crippen molar-refractivity contribution in [2.45, 2.75) is 6.92 Å². The number of isocyanates is 1. The molecule has 5 heteroatoms. The van der Waals surface area contributed by atoms with E-state index in [0.29, 0.717) is 0 Å². The van der Waals surface area contributed by atoms with Gasteiger partial charge in [0.25, 0.3) is 0 Å². The van der Waals surface area contributed by atoms with Gasteiger partial charge in [0.15, 0.2) is 5.70 Å². The maximum atomic E-state index is 11.1. The maximum absolute atomic E-state index is 11.1. The van der Waals surface area contributed by atoms with Gasteiger partial charge in [-0.15, -0.1) is 0 Å². The first kappa shape index (κ1) is 11.4. The first-order chi connectivity index (χ1) is 6.11. The lowest BCUT2D eigenvalue weighted by Gasteiger charge is -2.06. The third-order valence-electron chi connectivity index (χ3n) is 1.03. The van der Waals surface area contributed by atoms with Gasteiger partial charge in [-0.1, -0.05) is 0 Å². The number of hydrogen-bond acceptors (Lipinski definition) is 5. The molecule has 0 aliphatic heterocycles. The molecule has 0 spiro atoms. The number of carbonyl (C=O) groups is 1. The van der Waals surface area contributed by atoms with E-state index in [0.717, 1.165) is 0 Å². The van der Waals surface area contributed by atoms with Crippen LogP contribution in [0.25, 0.3) is 0 Å². The number of carbonyl (C=O) groups excluding carboxylic acids is 2. The van der Waals surface area contributed by atoms with Crippen molar-refractivity contribution in [1.82, 2.24) is 4.90 Å². The Morgan fingerprint density at radius 1 is 1.62 bits per heavy atom. The molecule has 72 valence electrons. The minimum atomic E-state index is -0.625. The molecule has 0 unspecified atom stereocenters. The van der Waals surface area contributed by atoms with Crippen molar-refractivity contribution >= 4 is 12.0 Å². The van der Waals surface area contributed by atoms with E-state index in [-0.39, 0.29) is 12.3 Å². The first-order valence-electron chi connectivity index (χ1n) is 3.75. The second-order valence-electron chi connectivity index (χ2n) is 2.40. The highest BCUT2D eigenvalue weighted by atomic mass is 16.5. The zero-order valence-electron chi connectivity index (χ0n) is 7.90. The second kappa shape index (κ2) is 5.97. The zero-order valence-corrected chi connectivity index (χ0v) is 7.90. The van der Waals surface area contributed by atoms with Gasteiger partial charge in [-0.3, -0.25) is 0 Å². The molecular weight excluding hydrogens is 172 g/mol. The third-order valence-corrected chi connectivity index (χ3v) is 1.03. The van der Waals surface area contributed by atoms with Crippen LogP contribution in [-0.2, 0) is 14.3 Å². The van der Waals surface area contributed by atoms with Crippen LogP contribution in [0.4, 0.5) is 0 Å². The van der Waals surface area contributed by atoms with Gasteiger partial charge in [-0.25, -0.2) is 9.59 Å². The largest absolute Gasteiger partial charge is 0.461 e. The lowest BCUT2D eigenvalue weighted by Crippen LogP contribution is -2.11. The molecule has 5 nitrogen and oxygen atoms in total. The monoisotopic (exact) mass is 184 g/mol. The molecule has 0 atom stereocenters. The number of rotatable bonds is 4. The third kappa shape index (κ3) is 4.76. The van der Waals surface area contributed by atoms with Crippen LogP contribution in [-0.4, -0.2) is 37.7 Å². The van der Waals surface area contributed by atoms with E-state index in [1.807, 2.05) is 0 Å². The minimum absolute atomic E-state index is 0.0538. The number of nitrogens with zero attached hydrogens (tertiary/aromatic N) is 2. The lowest BCUT2D eigenvalue weighted by molar-refractivity contribution is -0.138. The summed E-state index contributed by atoms with van der Waals surface area (Å²) in [6.45, 7) is 1.92. The van der Waals surface area contributed by atoms with Gasteiger partial charge in [0.1, 0.15) is 0 Å². The van der Waals surface area contributed by atoms with Gasteiger partial charge in [0.2, 0.25) is 6.08 Å². The van der Waals surface area contributed by atoms with E-state index >= 15 is 0 Å². The fourth-order valence-corrected chi connectivity index (χ4v) is 0.626. The summed E-state index contributed by atoms with van der Waals surface area (Å²) in [5, 5.41) is 0. The Morgan fingerprint density at radius 3 is 2.62 bits per heavy atom. The number of esters is 1. The molecule has 0 aliphatic rings. The Labute approximate surface area is 76.7 Å². The predicted molar refractivity (Wildman–Crippen MR) is 46.5 cm³/mol. The summed E-state index contributed by atoms with van der Waals surface area (Å²) in [5.41, 5.74) is -0.0538. The number of ether oxygens (including phenoxy) is 1. The molecule has 0 amide bonds. The number of aliphatic imine (C=N–C) groups is 1. The van der Waals surface area contributed by atoms with Gasteiger partial charge in [-0.05, 0) is 6.92 Å². The summed E-state index contributed by atoms with van der Waals surface area (Å²) in [5.74, 6) is -0.625. The van der Waals surface area contributed by atoms with E-state index in [2.05, 4.69) is 9.73 Å². The summed E-state index contributed by atoms with van der Waals surface area (Å²) in [4.78, 5) is 25.8. The SMILES string of the molecule is CCOC(=O)/C(=C/N(C)C)N=C=O. The lowest BCUT2D eigenvalue weighted by atomic mass is 10.5. The molecule has 0 saturated heterocycles. The van der Waals surface area contributed by atoms with Gasteiger partial charge in [0, 0.05) is 20.3 Å². The van der Waals surface area contributed by atoms with Crippen LogP contribution < -0.4 is 0 Å². The Kier molecular flexibility index (Phi) is 5.23. The molecule has 0 aromatic carbocycles. The highest BCUT2D eigenvalue weighted by Gasteiger charge is 2.09. The topological polar surface area (TPSA) is 59.0 Å². The highest BCUT2D eigenvalue weighted by Crippen LogP contribution is 1.99. The van der Waals surface area contributed by atoms with E-state index < -0.39 is 5.97 Å². The van der Waals surface area contributed by atoms with Crippen LogP contribution in [0.2, 0.25) is 0 Å². The van der Waals surface area contributed by atoms with Gasteiger partial charge in [0.05, 0.1) is 6.61 Å². The average molecular weight is 184 g/mol. The highest BCUT2D eigenvalue weighted by molar-refractivity contribution is 5.88. The zero-order chi connectivity index (χ0) is 10.3. The van der Waals surface area contributed by atoms with Crippen molar-refractivity contribution in [3.8, 4) is 0 Å². The molecule has 0 bridgehead atoms. The van der Waals surface area contributed by atoms with Crippen molar-refractivity contribution < 1.29 is 14.3 Å². The van der Waals surface area contributed by atoms with E-state index in [1.165, 1.54) is 12.3 Å². The van der Waals surface area contributed by atoms with E-state index in [9.17, 15) is 9.59 Å². The molecule has 0 fully saturated rings. The molecule has 0 radical (unpaired) electrons. The summed E-state index contributed by atoms with van der Waals surface area (Å²) in [6.07, 6.45) is 2.68. The Bertz CT molecular complexity index is 252. The second-order valence-corrected chi connectivity index (χ2v) is 2.40. The number of hydrogen-bond donors (Lipinski definition) is 0. The molecule has 0 rings (SSSR count). The van der Waals surface area contributed by atoms with Crippen LogP contribution in [0.5, 0.6) is 0 Å². The van der Waals surface area contributed by atoms with E-state index in [1.54, 1.807) is 25.9 Å². The molecule has 0 saturated carbocycles. The smallest absolute Gasteiger partial charge is 0.359 e. The van der Waals surface area contributed by atoms with Crippen LogP contribution in [0.3, 0.4) is 0 Å². The summed E-state index contributed by atoms with van der Waals surface area (Å²) in [7, 11) is 3.42. The molecule has 13 heavy (non-hydrogen) atoms. The van der Waals surface area contributed by atoms with Crippen LogP contribution >= 0.6 is 0 Å². The van der Waals surface area contributed by atoms with E-state index in [4.69, 9.17) is 0 Å².